The molecule has 5 aromatic rings. The lowest BCUT2D eigenvalue weighted by Crippen LogP contribution is -2.36. The van der Waals surface area contributed by atoms with E-state index in [-0.39, 0.29) is 17.8 Å². The second-order valence-electron chi connectivity index (χ2n) is 8.79. The van der Waals surface area contributed by atoms with Gasteiger partial charge in [-0.3, -0.25) is 9.59 Å². The molecule has 0 unspecified atom stereocenters. The van der Waals surface area contributed by atoms with E-state index in [2.05, 4.69) is 9.97 Å². The first-order valence-electron chi connectivity index (χ1n) is 11.9. The van der Waals surface area contributed by atoms with E-state index in [0.717, 1.165) is 11.4 Å². The molecule has 0 saturated carbocycles. The zero-order chi connectivity index (χ0) is 26.8. The van der Waals surface area contributed by atoms with Crippen LogP contribution in [0, 0.1) is 6.92 Å². The molecule has 0 aliphatic carbocycles. The third kappa shape index (κ3) is 4.62. The molecule has 0 spiro atoms. The number of nitrogens with zero attached hydrogens (tertiary/aromatic N) is 5. The number of benzene rings is 3. The molecule has 6 N–H and O–H groups in total. The highest BCUT2D eigenvalue weighted by Gasteiger charge is 2.29. The van der Waals surface area contributed by atoms with E-state index >= 15 is 0 Å². The van der Waals surface area contributed by atoms with Gasteiger partial charge in [0.05, 0.1) is 29.5 Å². The lowest BCUT2D eigenvalue weighted by Gasteiger charge is -2.30. The number of anilines is 3. The highest BCUT2D eigenvalue weighted by molar-refractivity contribution is 5.97. The first-order valence-corrected chi connectivity index (χ1v) is 11.9. The minimum absolute atomic E-state index is 0.184. The quantitative estimate of drug-likeness (QED) is 0.291. The van der Waals surface area contributed by atoms with Crippen molar-refractivity contribution in [3.8, 4) is 11.5 Å². The molecular weight excluding hydrogens is 480 g/mol. The summed E-state index contributed by atoms with van der Waals surface area (Å²) in [5.74, 6) is -0.358. The van der Waals surface area contributed by atoms with Crippen LogP contribution >= 0.6 is 0 Å². The fourth-order valence-electron chi connectivity index (χ4n) is 4.44. The average Bonchev–Trinajstić information content (AvgIpc) is 3.29. The molecule has 190 valence electrons. The number of hydrogen-bond donors (Lipinski definition) is 3. The smallest absolute Gasteiger partial charge is 0.248 e. The number of imidazole rings is 1. The Morgan fingerprint density at radius 2 is 1.55 bits per heavy atom. The molecule has 0 bridgehead atoms. The van der Waals surface area contributed by atoms with Gasteiger partial charge in [-0.1, -0.05) is 36.4 Å². The Morgan fingerprint density at radius 3 is 2.13 bits per heavy atom. The summed E-state index contributed by atoms with van der Waals surface area (Å²) in [6.45, 7) is 1.92. The number of amides is 2. The molecule has 2 aromatic heterocycles. The van der Waals surface area contributed by atoms with Gasteiger partial charge in [0, 0.05) is 16.9 Å². The van der Waals surface area contributed by atoms with E-state index in [1.165, 1.54) is 6.20 Å². The van der Waals surface area contributed by atoms with Gasteiger partial charge in [0.2, 0.25) is 11.8 Å². The van der Waals surface area contributed by atoms with Crippen LogP contribution in [0.3, 0.4) is 0 Å². The molecular formula is C28H26N8O2. The Hall–Kier alpha value is -5.25. The molecule has 2 heterocycles. The first-order chi connectivity index (χ1) is 18.3. The molecule has 5 rings (SSSR count). The van der Waals surface area contributed by atoms with Crippen molar-refractivity contribution in [3.63, 3.8) is 0 Å². The van der Waals surface area contributed by atoms with E-state index in [0.29, 0.717) is 28.4 Å². The number of carbonyl (C=O) groups excluding carboxylic acids is 2. The molecule has 0 aliphatic heterocycles. The number of para-hydroxylation sites is 2. The van der Waals surface area contributed by atoms with Crippen molar-refractivity contribution in [1.82, 2.24) is 19.5 Å². The third-order valence-electron chi connectivity index (χ3n) is 6.25. The summed E-state index contributed by atoms with van der Waals surface area (Å²) in [5, 5.41) is 0. The van der Waals surface area contributed by atoms with Crippen LogP contribution in [0.5, 0.6) is 0 Å². The number of aromatic nitrogens is 4. The lowest BCUT2D eigenvalue weighted by atomic mass is 10.1. The second kappa shape index (κ2) is 10.0. The summed E-state index contributed by atoms with van der Waals surface area (Å²) >= 11 is 0. The molecule has 3 aromatic carbocycles. The molecule has 0 saturated heterocycles. The Bertz CT molecular complexity index is 1590. The molecule has 1 atom stereocenters. The van der Waals surface area contributed by atoms with Crippen molar-refractivity contribution in [2.75, 3.05) is 17.2 Å². The minimum atomic E-state index is -0.899. The van der Waals surface area contributed by atoms with Crippen molar-refractivity contribution >= 4 is 39.9 Å². The van der Waals surface area contributed by atoms with E-state index in [9.17, 15) is 9.59 Å². The van der Waals surface area contributed by atoms with E-state index in [4.69, 9.17) is 22.2 Å². The van der Waals surface area contributed by atoms with Gasteiger partial charge in [0.15, 0.2) is 5.82 Å². The van der Waals surface area contributed by atoms with Crippen molar-refractivity contribution in [3.05, 3.63) is 96.4 Å². The zero-order valence-corrected chi connectivity index (χ0v) is 20.7. The standard InChI is InChI=1S/C28H26N8O2/c1-17-32-15-21(29)25(33-17)28-34-22-14-18(26(30)37)12-13-23(22)36(28)24(27(31)38)16-35(19-8-4-2-5-9-19)20-10-6-3-7-11-20/h2-15,24H,16,29H2,1H3,(H2,30,37)(H2,31,38)/t24-/m0/s1. The Balaban J connectivity index is 1.74. The highest BCUT2D eigenvalue weighted by atomic mass is 16.1. The summed E-state index contributed by atoms with van der Waals surface area (Å²) < 4.78 is 1.72. The number of primary amides is 2. The van der Waals surface area contributed by atoms with Crippen LogP contribution in [0.1, 0.15) is 22.2 Å². The minimum Gasteiger partial charge on any atom is -0.396 e. The monoisotopic (exact) mass is 506 g/mol. The number of aryl methyl sites for hydroxylation is 1. The zero-order valence-electron chi connectivity index (χ0n) is 20.7. The normalized spacial score (nSPS) is 11.8. The van der Waals surface area contributed by atoms with Gasteiger partial charge < -0.3 is 26.7 Å². The molecule has 0 radical (unpaired) electrons. The summed E-state index contributed by atoms with van der Waals surface area (Å²) in [4.78, 5) is 40.5. The van der Waals surface area contributed by atoms with Crippen LogP contribution in [0.25, 0.3) is 22.6 Å². The second-order valence-corrected chi connectivity index (χ2v) is 8.79. The van der Waals surface area contributed by atoms with Crippen LogP contribution in [-0.2, 0) is 4.79 Å². The van der Waals surface area contributed by atoms with Gasteiger partial charge in [-0.15, -0.1) is 0 Å². The largest absolute Gasteiger partial charge is 0.396 e. The van der Waals surface area contributed by atoms with Crippen LogP contribution in [0.2, 0.25) is 0 Å². The predicted octanol–water partition coefficient (Wildman–Crippen LogP) is 3.35. The Morgan fingerprint density at radius 1 is 0.921 bits per heavy atom. The average molecular weight is 507 g/mol. The van der Waals surface area contributed by atoms with Crippen molar-refractivity contribution in [2.45, 2.75) is 13.0 Å². The number of carbonyl (C=O) groups is 2. The summed E-state index contributed by atoms with van der Waals surface area (Å²) in [6.07, 6.45) is 1.50. The number of nitrogens with two attached hydrogens (primary N) is 3. The Labute approximate surface area is 218 Å². The fraction of sp³-hybridized carbons (Fsp3) is 0.107. The summed E-state index contributed by atoms with van der Waals surface area (Å²) in [7, 11) is 0. The van der Waals surface area contributed by atoms with Crippen LogP contribution in [0.4, 0.5) is 17.1 Å². The third-order valence-corrected chi connectivity index (χ3v) is 6.25. The summed E-state index contributed by atoms with van der Waals surface area (Å²) in [5.41, 5.74) is 21.6. The number of hydrogen-bond acceptors (Lipinski definition) is 7. The van der Waals surface area contributed by atoms with Gasteiger partial charge in [0.25, 0.3) is 0 Å². The van der Waals surface area contributed by atoms with Crippen LogP contribution in [-0.4, -0.2) is 37.9 Å². The molecule has 10 heteroatoms. The maximum atomic E-state index is 13.2. The van der Waals surface area contributed by atoms with Gasteiger partial charge >= 0.3 is 0 Å². The maximum Gasteiger partial charge on any atom is 0.248 e. The lowest BCUT2D eigenvalue weighted by molar-refractivity contribution is -0.120. The van der Waals surface area contributed by atoms with E-state index in [1.807, 2.05) is 65.6 Å². The van der Waals surface area contributed by atoms with Crippen molar-refractivity contribution in [2.24, 2.45) is 11.5 Å². The maximum absolute atomic E-state index is 13.2. The number of nitrogen functional groups attached to an aromatic ring is 1. The fourth-order valence-corrected chi connectivity index (χ4v) is 4.44. The Kier molecular flexibility index (Phi) is 6.44. The molecule has 0 aliphatic rings. The molecule has 38 heavy (non-hydrogen) atoms. The van der Waals surface area contributed by atoms with Gasteiger partial charge in [-0.25, -0.2) is 15.0 Å². The topological polar surface area (TPSA) is 159 Å². The highest BCUT2D eigenvalue weighted by Crippen LogP contribution is 2.34. The number of fused-ring (bicyclic) bond motifs is 1. The van der Waals surface area contributed by atoms with E-state index in [1.54, 1.807) is 29.7 Å². The van der Waals surface area contributed by atoms with Gasteiger partial charge in [-0.2, -0.15) is 0 Å². The first kappa shape index (κ1) is 24.4. The van der Waals surface area contributed by atoms with Crippen LogP contribution < -0.4 is 22.1 Å². The SMILES string of the molecule is Cc1ncc(N)c(-c2nc3cc(C(N)=O)ccc3n2[C@@H](CN(c2ccccc2)c2ccccc2)C(N)=O)n1. The van der Waals surface area contributed by atoms with Gasteiger partial charge in [0.1, 0.15) is 17.6 Å². The molecule has 10 nitrogen and oxygen atoms in total. The summed E-state index contributed by atoms with van der Waals surface area (Å²) in [6, 6.07) is 23.4. The van der Waals surface area contributed by atoms with Crippen LogP contribution in [0.15, 0.2) is 85.1 Å². The molecule has 2 amide bonds. The number of rotatable bonds is 8. The molecule has 0 fully saturated rings. The van der Waals surface area contributed by atoms with Crippen molar-refractivity contribution in [1.29, 1.82) is 0 Å². The predicted molar refractivity (Wildman–Crippen MR) is 147 cm³/mol. The van der Waals surface area contributed by atoms with E-state index < -0.39 is 17.9 Å². The van der Waals surface area contributed by atoms with Crippen molar-refractivity contribution < 1.29 is 9.59 Å². The van der Waals surface area contributed by atoms with Gasteiger partial charge in [-0.05, 0) is 49.4 Å².